The number of carbonyl (C=O) groups is 2. The first-order chi connectivity index (χ1) is 10.4. The lowest BCUT2D eigenvalue weighted by Crippen LogP contribution is -2.51. The molecule has 2 heterocycles. The maximum atomic E-state index is 12.5. The van der Waals surface area contributed by atoms with E-state index in [2.05, 4.69) is 4.98 Å². The van der Waals surface area contributed by atoms with Gasteiger partial charge in [0, 0.05) is 12.7 Å². The summed E-state index contributed by atoms with van der Waals surface area (Å²) in [7, 11) is 0. The third-order valence-electron chi connectivity index (χ3n) is 3.16. The largest absolute Gasteiger partial charge is 0.479 e. The number of halogens is 1. The van der Waals surface area contributed by atoms with Crippen LogP contribution >= 0.6 is 11.6 Å². The molecule has 8 heteroatoms. The molecule has 7 nitrogen and oxygen atoms in total. The minimum absolute atomic E-state index is 0.0106. The molecule has 1 saturated heterocycles. The van der Waals surface area contributed by atoms with Crippen LogP contribution in [0.15, 0.2) is 12.3 Å². The molecular weight excluding hydrogens is 312 g/mol. The van der Waals surface area contributed by atoms with Crippen LogP contribution in [0, 0.1) is 0 Å². The lowest BCUT2D eigenvalue weighted by Gasteiger charge is -2.34. The van der Waals surface area contributed by atoms with E-state index in [4.69, 9.17) is 26.2 Å². The molecule has 0 aliphatic carbocycles. The minimum atomic E-state index is -1.09. The van der Waals surface area contributed by atoms with Crippen molar-refractivity contribution in [2.24, 2.45) is 0 Å². The van der Waals surface area contributed by atoms with Crippen LogP contribution in [-0.4, -0.2) is 58.8 Å². The number of ether oxygens (including phenoxy) is 2. The van der Waals surface area contributed by atoms with E-state index in [-0.39, 0.29) is 35.0 Å². The highest BCUT2D eigenvalue weighted by molar-refractivity contribution is 6.32. The Morgan fingerprint density at radius 3 is 2.86 bits per heavy atom. The highest BCUT2D eigenvalue weighted by Gasteiger charge is 2.33. The topological polar surface area (TPSA) is 89.0 Å². The van der Waals surface area contributed by atoms with E-state index in [1.165, 1.54) is 17.2 Å². The monoisotopic (exact) mass is 328 g/mol. The average molecular weight is 329 g/mol. The van der Waals surface area contributed by atoms with Crippen LogP contribution in [0.25, 0.3) is 0 Å². The molecular formula is C14H17ClN2O5. The molecule has 1 N–H and O–H groups in total. The van der Waals surface area contributed by atoms with E-state index in [0.717, 1.165) is 0 Å². The molecule has 1 amide bonds. The second kappa shape index (κ2) is 6.93. The molecule has 1 aromatic heterocycles. The van der Waals surface area contributed by atoms with Gasteiger partial charge in [-0.2, -0.15) is 0 Å². The van der Waals surface area contributed by atoms with E-state index in [9.17, 15) is 9.59 Å². The van der Waals surface area contributed by atoms with Crippen molar-refractivity contribution in [2.75, 3.05) is 19.7 Å². The van der Waals surface area contributed by atoms with Gasteiger partial charge in [0.2, 0.25) is 5.88 Å². The van der Waals surface area contributed by atoms with Crippen molar-refractivity contribution >= 4 is 23.5 Å². The van der Waals surface area contributed by atoms with Gasteiger partial charge in [0.05, 0.1) is 24.8 Å². The van der Waals surface area contributed by atoms with E-state index < -0.39 is 12.1 Å². The number of carboxylic acid groups (broad SMARTS) is 1. The third kappa shape index (κ3) is 3.66. The zero-order chi connectivity index (χ0) is 16.3. The second-order valence-corrected chi connectivity index (χ2v) is 5.33. The smallest absolute Gasteiger partial charge is 0.334 e. The first-order valence-electron chi connectivity index (χ1n) is 6.88. The summed E-state index contributed by atoms with van der Waals surface area (Å²) >= 11 is 6.02. The number of carboxylic acids is 1. The molecule has 2 atom stereocenters. The number of carbonyl (C=O) groups excluding carboxylic acids is 1. The minimum Gasteiger partial charge on any atom is -0.479 e. The summed E-state index contributed by atoms with van der Waals surface area (Å²) in [4.78, 5) is 29.0. The Bertz CT molecular complexity index is 580. The molecule has 0 radical (unpaired) electrons. The Balaban J connectivity index is 2.16. The first-order valence-corrected chi connectivity index (χ1v) is 7.26. The van der Waals surface area contributed by atoms with Gasteiger partial charge in [0.15, 0.2) is 6.10 Å². The SMILES string of the molecule is CCOc1ncc(C(=O)N2CC(C(=O)O)O[C@H](C)C2)cc1Cl. The van der Waals surface area contributed by atoms with E-state index >= 15 is 0 Å². The van der Waals surface area contributed by atoms with Crippen LogP contribution in [0.4, 0.5) is 0 Å². The van der Waals surface area contributed by atoms with Gasteiger partial charge in [0.25, 0.3) is 5.91 Å². The molecule has 1 unspecified atom stereocenters. The summed E-state index contributed by atoms with van der Waals surface area (Å²) in [6.07, 6.45) is -0.0153. The van der Waals surface area contributed by atoms with Gasteiger partial charge in [-0.1, -0.05) is 11.6 Å². The molecule has 0 saturated carbocycles. The standard InChI is InChI=1S/C14H17ClN2O5/c1-3-21-12-10(15)4-9(5-16-12)13(18)17-6-8(2)22-11(7-17)14(19)20/h4-5,8,11H,3,6-7H2,1-2H3,(H,19,20)/t8-,11?/m1/s1. The van der Waals surface area contributed by atoms with E-state index in [1.807, 2.05) is 0 Å². The van der Waals surface area contributed by atoms with Crippen LogP contribution in [0.5, 0.6) is 5.88 Å². The average Bonchev–Trinajstić information content (AvgIpc) is 2.48. The Morgan fingerprint density at radius 1 is 1.55 bits per heavy atom. The van der Waals surface area contributed by atoms with Crippen molar-refractivity contribution < 1.29 is 24.2 Å². The van der Waals surface area contributed by atoms with Crippen molar-refractivity contribution in [2.45, 2.75) is 26.1 Å². The molecule has 120 valence electrons. The second-order valence-electron chi connectivity index (χ2n) is 4.93. The molecule has 2 rings (SSSR count). The number of pyridine rings is 1. The van der Waals surface area contributed by atoms with Crippen LogP contribution in [0.2, 0.25) is 5.02 Å². The Hall–Kier alpha value is -1.86. The van der Waals surface area contributed by atoms with Crippen LogP contribution in [0.1, 0.15) is 24.2 Å². The van der Waals surface area contributed by atoms with E-state index in [0.29, 0.717) is 13.2 Å². The molecule has 1 aliphatic heterocycles. The summed E-state index contributed by atoms with van der Waals surface area (Å²) in [5.41, 5.74) is 0.284. The molecule has 1 aliphatic rings. The number of aromatic nitrogens is 1. The highest BCUT2D eigenvalue weighted by atomic mass is 35.5. The highest BCUT2D eigenvalue weighted by Crippen LogP contribution is 2.24. The van der Waals surface area contributed by atoms with Crippen LogP contribution in [0.3, 0.4) is 0 Å². The van der Waals surface area contributed by atoms with Gasteiger partial charge < -0.3 is 19.5 Å². The molecule has 0 aromatic carbocycles. The normalized spacial score (nSPS) is 21.5. The quantitative estimate of drug-likeness (QED) is 0.899. The van der Waals surface area contributed by atoms with Gasteiger partial charge in [-0.3, -0.25) is 4.79 Å². The van der Waals surface area contributed by atoms with Gasteiger partial charge in [-0.25, -0.2) is 9.78 Å². The van der Waals surface area contributed by atoms with Gasteiger partial charge in [-0.15, -0.1) is 0 Å². The fourth-order valence-electron chi connectivity index (χ4n) is 2.22. The summed E-state index contributed by atoms with van der Waals surface area (Å²) in [6, 6.07) is 1.47. The lowest BCUT2D eigenvalue weighted by molar-refractivity contribution is -0.160. The number of morpholine rings is 1. The Labute approximate surface area is 132 Å². The molecule has 0 bridgehead atoms. The van der Waals surface area contributed by atoms with Crippen molar-refractivity contribution in [3.8, 4) is 5.88 Å². The summed E-state index contributed by atoms with van der Waals surface area (Å²) < 4.78 is 10.5. The van der Waals surface area contributed by atoms with Crippen molar-refractivity contribution in [1.82, 2.24) is 9.88 Å². The number of hydrogen-bond acceptors (Lipinski definition) is 5. The van der Waals surface area contributed by atoms with Crippen LogP contribution in [-0.2, 0) is 9.53 Å². The maximum Gasteiger partial charge on any atom is 0.334 e. The predicted octanol–water partition coefficient (Wildman–Crippen LogP) is 1.45. The number of aliphatic carboxylic acids is 1. The number of hydrogen-bond donors (Lipinski definition) is 1. The fourth-order valence-corrected chi connectivity index (χ4v) is 2.44. The fraction of sp³-hybridized carbons (Fsp3) is 0.500. The lowest BCUT2D eigenvalue weighted by atomic mass is 10.1. The van der Waals surface area contributed by atoms with Crippen molar-refractivity contribution in [3.05, 3.63) is 22.8 Å². The zero-order valence-electron chi connectivity index (χ0n) is 12.3. The summed E-state index contributed by atoms with van der Waals surface area (Å²) in [5.74, 6) is -1.16. The number of rotatable bonds is 4. The molecule has 1 aromatic rings. The van der Waals surface area contributed by atoms with E-state index in [1.54, 1.807) is 13.8 Å². The number of amides is 1. The third-order valence-corrected chi connectivity index (χ3v) is 3.43. The summed E-state index contributed by atoms with van der Waals surface area (Å²) in [5, 5.41) is 9.29. The van der Waals surface area contributed by atoms with Gasteiger partial charge >= 0.3 is 5.97 Å². The Morgan fingerprint density at radius 2 is 2.27 bits per heavy atom. The zero-order valence-corrected chi connectivity index (χ0v) is 13.0. The van der Waals surface area contributed by atoms with Gasteiger partial charge in [-0.05, 0) is 19.9 Å². The maximum absolute atomic E-state index is 12.5. The molecule has 1 fully saturated rings. The van der Waals surface area contributed by atoms with Crippen molar-refractivity contribution in [3.63, 3.8) is 0 Å². The van der Waals surface area contributed by atoms with Gasteiger partial charge in [0.1, 0.15) is 5.02 Å². The number of nitrogens with zero attached hydrogens (tertiary/aromatic N) is 2. The molecule has 22 heavy (non-hydrogen) atoms. The van der Waals surface area contributed by atoms with Crippen molar-refractivity contribution in [1.29, 1.82) is 0 Å². The predicted molar refractivity (Wildman–Crippen MR) is 78.3 cm³/mol. The summed E-state index contributed by atoms with van der Waals surface area (Å²) in [6.45, 7) is 4.25. The Kier molecular flexibility index (Phi) is 5.20. The molecule has 0 spiro atoms. The van der Waals surface area contributed by atoms with Crippen LogP contribution < -0.4 is 4.74 Å². The first kappa shape index (κ1) is 16.5.